The van der Waals surface area contributed by atoms with Crippen LogP contribution in [-0.4, -0.2) is 9.55 Å². The van der Waals surface area contributed by atoms with E-state index in [-0.39, 0.29) is 17.0 Å². The van der Waals surface area contributed by atoms with Gasteiger partial charge in [-0.3, -0.25) is 9.59 Å². The number of benzene rings is 1. The maximum Gasteiger partial charge on any atom is 0.274 e. The van der Waals surface area contributed by atoms with Gasteiger partial charge in [0.1, 0.15) is 10.7 Å². The van der Waals surface area contributed by atoms with Crippen LogP contribution in [0.15, 0.2) is 39.9 Å². The molecule has 0 atom stereocenters. The largest absolute Gasteiger partial charge is 0.316 e. The first-order chi connectivity index (χ1) is 9.49. The second-order valence-corrected chi connectivity index (χ2v) is 5.08. The van der Waals surface area contributed by atoms with Crippen LogP contribution in [-0.2, 0) is 7.05 Å². The monoisotopic (exact) mass is 270 g/mol. The Labute approximate surface area is 116 Å². The molecule has 0 amide bonds. The molecule has 4 heteroatoms. The van der Waals surface area contributed by atoms with E-state index in [4.69, 9.17) is 0 Å². The number of nitrogens with zero attached hydrogens (tertiary/aromatic N) is 1. The molecule has 1 aromatic heterocycles. The van der Waals surface area contributed by atoms with E-state index < -0.39 is 0 Å². The molecule has 0 aliphatic heterocycles. The van der Waals surface area contributed by atoms with Crippen molar-refractivity contribution in [3.8, 4) is 0 Å². The molecule has 2 aromatic rings. The summed E-state index contributed by atoms with van der Waals surface area (Å²) >= 11 is 0. The van der Waals surface area contributed by atoms with E-state index in [2.05, 4.69) is 4.98 Å². The highest BCUT2D eigenvalue weighted by atomic mass is 16.1. The molecule has 1 aromatic carbocycles. The van der Waals surface area contributed by atoms with E-state index in [0.717, 1.165) is 5.56 Å². The highest BCUT2D eigenvalue weighted by Gasteiger charge is 2.01. The van der Waals surface area contributed by atoms with Gasteiger partial charge < -0.3 is 9.55 Å². The van der Waals surface area contributed by atoms with Crippen LogP contribution in [0.1, 0.15) is 19.4 Å². The van der Waals surface area contributed by atoms with Crippen LogP contribution < -0.4 is 21.8 Å². The van der Waals surface area contributed by atoms with Gasteiger partial charge in [-0.1, -0.05) is 50.3 Å². The maximum absolute atomic E-state index is 12.3. The van der Waals surface area contributed by atoms with Gasteiger partial charge in [-0.15, -0.1) is 0 Å². The lowest BCUT2D eigenvalue weighted by atomic mass is 10.2. The molecule has 0 bridgehead atoms. The standard InChI is InChI=1S/C16H18N2O2/c1-11(2)9-14-15(19)17-13(16(20)18(14)3)10-12-7-5-4-6-8-12/h4-11H,1-3H3,(H,17,19)/b13-10-,14-9+. The summed E-state index contributed by atoms with van der Waals surface area (Å²) in [6.07, 6.45) is 3.47. The Kier molecular flexibility index (Phi) is 4.03. The van der Waals surface area contributed by atoms with E-state index >= 15 is 0 Å². The zero-order valence-corrected chi connectivity index (χ0v) is 11.9. The minimum atomic E-state index is -0.247. The van der Waals surface area contributed by atoms with Gasteiger partial charge in [0.25, 0.3) is 11.1 Å². The van der Waals surface area contributed by atoms with Crippen molar-refractivity contribution < 1.29 is 0 Å². The summed E-state index contributed by atoms with van der Waals surface area (Å²) in [5.41, 5.74) is 0.421. The zero-order chi connectivity index (χ0) is 14.7. The average Bonchev–Trinajstić information content (AvgIpc) is 2.42. The summed E-state index contributed by atoms with van der Waals surface area (Å²) in [6.45, 7) is 3.93. The van der Waals surface area contributed by atoms with Crippen molar-refractivity contribution in [3.05, 3.63) is 67.3 Å². The number of hydrogen-bond donors (Lipinski definition) is 1. The van der Waals surface area contributed by atoms with Crippen LogP contribution in [0.4, 0.5) is 0 Å². The maximum atomic E-state index is 12.3. The third-order valence-corrected chi connectivity index (χ3v) is 2.98. The second-order valence-electron chi connectivity index (χ2n) is 5.08. The fourth-order valence-electron chi connectivity index (χ4n) is 2.00. The third-order valence-electron chi connectivity index (χ3n) is 2.98. The van der Waals surface area contributed by atoms with Crippen molar-refractivity contribution in [1.29, 1.82) is 0 Å². The van der Waals surface area contributed by atoms with Crippen molar-refractivity contribution in [3.63, 3.8) is 0 Å². The molecular formula is C16H18N2O2. The molecule has 4 nitrogen and oxygen atoms in total. The molecule has 0 saturated carbocycles. The van der Waals surface area contributed by atoms with Crippen LogP contribution in [0.2, 0.25) is 0 Å². The second kappa shape index (κ2) is 5.74. The van der Waals surface area contributed by atoms with Gasteiger partial charge in [0.15, 0.2) is 0 Å². The number of nitrogens with one attached hydrogen (secondary N) is 1. The van der Waals surface area contributed by atoms with Crippen molar-refractivity contribution in [2.75, 3.05) is 0 Å². The lowest BCUT2D eigenvalue weighted by Gasteiger charge is -2.01. The fraction of sp³-hybridized carbons (Fsp3) is 0.250. The van der Waals surface area contributed by atoms with Gasteiger partial charge in [0, 0.05) is 7.05 Å². The molecule has 1 N–H and O–H groups in total. The normalized spacial score (nSPS) is 13.2. The Morgan fingerprint density at radius 2 is 1.80 bits per heavy atom. The Hall–Kier alpha value is -2.36. The molecule has 0 aliphatic carbocycles. The Balaban J connectivity index is 2.75. The molecule has 2 rings (SSSR count). The highest BCUT2D eigenvalue weighted by molar-refractivity contribution is 5.47. The summed E-state index contributed by atoms with van der Waals surface area (Å²) in [6, 6.07) is 9.43. The van der Waals surface area contributed by atoms with Crippen LogP contribution in [0, 0.1) is 5.92 Å². The number of hydrogen-bond acceptors (Lipinski definition) is 2. The van der Waals surface area contributed by atoms with E-state index in [9.17, 15) is 9.59 Å². The Bertz CT molecular complexity index is 828. The molecule has 0 fully saturated rings. The molecular weight excluding hydrogens is 252 g/mol. The van der Waals surface area contributed by atoms with Crippen LogP contribution in [0.3, 0.4) is 0 Å². The summed E-state index contributed by atoms with van der Waals surface area (Å²) in [5.74, 6) is 0.200. The highest BCUT2D eigenvalue weighted by Crippen LogP contribution is 1.97. The predicted octanol–water partition coefficient (Wildman–Crippen LogP) is 0.339. The summed E-state index contributed by atoms with van der Waals surface area (Å²) in [7, 11) is 1.62. The molecule has 20 heavy (non-hydrogen) atoms. The van der Waals surface area contributed by atoms with Crippen molar-refractivity contribution in [1.82, 2.24) is 9.55 Å². The SMILES string of the molecule is CC(C)/C=c1\c(=O)[nH]/c(=C\c2ccccc2)c(=O)n1C. The van der Waals surface area contributed by atoms with Gasteiger partial charge in [0.05, 0.1) is 0 Å². The predicted molar refractivity (Wildman–Crippen MR) is 80.9 cm³/mol. The fourth-order valence-corrected chi connectivity index (χ4v) is 2.00. The Morgan fingerprint density at radius 3 is 2.40 bits per heavy atom. The van der Waals surface area contributed by atoms with E-state index in [1.807, 2.05) is 44.2 Å². The van der Waals surface area contributed by atoms with E-state index in [0.29, 0.717) is 10.7 Å². The quantitative estimate of drug-likeness (QED) is 0.855. The topological polar surface area (TPSA) is 54.9 Å². The number of H-pyrrole nitrogens is 1. The summed E-state index contributed by atoms with van der Waals surface area (Å²) in [5, 5.41) is 0.694. The summed E-state index contributed by atoms with van der Waals surface area (Å²) < 4.78 is 1.40. The first-order valence-electron chi connectivity index (χ1n) is 6.57. The van der Waals surface area contributed by atoms with E-state index in [1.54, 1.807) is 19.2 Å². The first-order valence-corrected chi connectivity index (χ1v) is 6.57. The Morgan fingerprint density at radius 1 is 1.15 bits per heavy atom. The van der Waals surface area contributed by atoms with Gasteiger partial charge in [-0.25, -0.2) is 0 Å². The molecule has 0 unspecified atom stereocenters. The van der Waals surface area contributed by atoms with Crippen molar-refractivity contribution in [2.24, 2.45) is 13.0 Å². The van der Waals surface area contributed by atoms with Gasteiger partial charge in [-0.2, -0.15) is 0 Å². The zero-order valence-electron chi connectivity index (χ0n) is 11.9. The molecule has 0 saturated heterocycles. The number of rotatable bonds is 2. The first kappa shape index (κ1) is 14.1. The van der Waals surface area contributed by atoms with Gasteiger partial charge in [0.2, 0.25) is 0 Å². The van der Waals surface area contributed by atoms with Crippen LogP contribution in [0.5, 0.6) is 0 Å². The van der Waals surface area contributed by atoms with Crippen LogP contribution >= 0.6 is 0 Å². The van der Waals surface area contributed by atoms with Crippen molar-refractivity contribution >= 4 is 12.2 Å². The van der Waals surface area contributed by atoms with Gasteiger partial charge >= 0.3 is 0 Å². The molecule has 0 aliphatic rings. The lowest BCUT2D eigenvalue weighted by molar-refractivity contribution is 0.760. The molecule has 0 spiro atoms. The smallest absolute Gasteiger partial charge is 0.274 e. The minimum absolute atomic E-state index is 0.200. The average molecular weight is 270 g/mol. The number of aromatic nitrogens is 2. The molecule has 104 valence electrons. The van der Waals surface area contributed by atoms with Gasteiger partial charge in [-0.05, 0) is 17.6 Å². The third kappa shape index (κ3) is 2.96. The molecule has 1 heterocycles. The van der Waals surface area contributed by atoms with Crippen LogP contribution in [0.25, 0.3) is 12.2 Å². The van der Waals surface area contributed by atoms with E-state index in [1.165, 1.54) is 4.57 Å². The molecule has 0 radical (unpaired) electrons. The van der Waals surface area contributed by atoms with Crippen molar-refractivity contribution in [2.45, 2.75) is 13.8 Å². The lowest BCUT2D eigenvalue weighted by Crippen LogP contribution is -2.52. The summed E-state index contributed by atoms with van der Waals surface area (Å²) in [4.78, 5) is 27.0. The minimum Gasteiger partial charge on any atom is -0.316 e. The number of aromatic amines is 1.